The molecule has 0 saturated heterocycles. The molecule has 1 N–H and O–H groups in total. The molecule has 2 atom stereocenters. The van der Waals surface area contributed by atoms with Gasteiger partial charge in [0.1, 0.15) is 0 Å². The zero-order chi connectivity index (χ0) is 15.1. The maximum atomic E-state index is 5.78. The van der Waals surface area contributed by atoms with E-state index in [2.05, 4.69) is 61.6 Å². The summed E-state index contributed by atoms with van der Waals surface area (Å²) in [5.41, 5.74) is 1.36. The van der Waals surface area contributed by atoms with Crippen molar-refractivity contribution in [2.75, 3.05) is 33.9 Å². The minimum atomic E-state index is 0.365. The van der Waals surface area contributed by atoms with E-state index in [1.54, 1.807) is 0 Å². The molecule has 0 amide bonds. The number of ether oxygens (including phenoxy) is 1. The number of nitrogens with one attached hydrogen (secondary N) is 1. The number of benzene rings is 1. The van der Waals surface area contributed by atoms with Crippen molar-refractivity contribution in [1.29, 1.82) is 0 Å². The van der Waals surface area contributed by atoms with Crippen LogP contribution in [0.4, 0.5) is 0 Å². The summed E-state index contributed by atoms with van der Waals surface area (Å²) in [4.78, 5) is 2.43. The van der Waals surface area contributed by atoms with Crippen LogP contribution in [0.1, 0.15) is 37.8 Å². The van der Waals surface area contributed by atoms with Crippen LogP contribution < -0.4 is 5.32 Å². The average Bonchev–Trinajstić information content (AvgIpc) is 3.34. The van der Waals surface area contributed by atoms with Gasteiger partial charge in [0.2, 0.25) is 0 Å². The van der Waals surface area contributed by atoms with Crippen molar-refractivity contribution in [3.05, 3.63) is 35.9 Å². The van der Waals surface area contributed by atoms with Gasteiger partial charge in [0.05, 0.1) is 6.61 Å². The molecule has 1 aromatic rings. The van der Waals surface area contributed by atoms with Gasteiger partial charge in [0.25, 0.3) is 0 Å². The first-order valence-electron chi connectivity index (χ1n) is 8.26. The average molecular weight is 290 g/mol. The lowest BCUT2D eigenvalue weighted by Gasteiger charge is -2.34. The normalized spacial score (nSPS) is 17.9. The van der Waals surface area contributed by atoms with Crippen LogP contribution in [0.15, 0.2) is 30.3 Å². The van der Waals surface area contributed by atoms with Crippen LogP contribution >= 0.6 is 0 Å². The quantitative estimate of drug-likeness (QED) is 0.670. The molecule has 0 aromatic heterocycles. The van der Waals surface area contributed by atoms with Crippen LogP contribution in [-0.4, -0.2) is 44.8 Å². The molecule has 1 aromatic carbocycles. The van der Waals surface area contributed by atoms with Crippen molar-refractivity contribution in [1.82, 2.24) is 10.2 Å². The van der Waals surface area contributed by atoms with E-state index in [4.69, 9.17) is 4.74 Å². The fraction of sp³-hybridized carbons (Fsp3) is 0.667. The van der Waals surface area contributed by atoms with Gasteiger partial charge in [-0.05, 0) is 44.8 Å². The lowest BCUT2D eigenvalue weighted by molar-refractivity contribution is 0.0831. The Kier molecular flexibility index (Phi) is 6.68. The lowest BCUT2D eigenvalue weighted by atomic mass is 9.96. The Hall–Kier alpha value is -0.900. The molecule has 1 saturated carbocycles. The Balaban J connectivity index is 1.85. The van der Waals surface area contributed by atoms with Crippen molar-refractivity contribution in [3.8, 4) is 0 Å². The third-order valence-corrected chi connectivity index (χ3v) is 4.48. The molecule has 3 nitrogen and oxygen atoms in total. The maximum Gasteiger partial charge on any atom is 0.0593 e. The molecule has 2 unspecified atom stereocenters. The van der Waals surface area contributed by atoms with Gasteiger partial charge >= 0.3 is 0 Å². The predicted octanol–water partition coefficient (Wildman–Crippen LogP) is 3.08. The molecule has 3 heteroatoms. The largest absolute Gasteiger partial charge is 0.380 e. The Morgan fingerprint density at radius 2 is 2.00 bits per heavy atom. The molecule has 21 heavy (non-hydrogen) atoms. The summed E-state index contributed by atoms with van der Waals surface area (Å²) in [7, 11) is 4.26. The number of hydrogen-bond acceptors (Lipinski definition) is 3. The van der Waals surface area contributed by atoms with Gasteiger partial charge in [0, 0.05) is 25.2 Å². The lowest BCUT2D eigenvalue weighted by Crippen LogP contribution is -2.42. The van der Waals surface area contributed by atoms with E-state index in [1.165, 1.54) is 18.4 Å². The smallest absolute Gasteiger partial charge is 0.0593 e. The summed E-state index contributed by atoms with van der Waals surface area (Å²) in [6.07, 6.45) is 3.85. The fourth-order valence-electron chi connectivity index (χ4n) is 2.95. The van der Waals surface area contributed by atoms with Crippen LogP contribution in [0.5, 0.6) is 0 Å². The van der Waals surface area contributed by atoms with E-state index in [0.717, 1.165) is 32.1 Å². The number of hydrogen-bond donors (Lipinski definition) is 1. The second-order valence-electron chi connectivity index (χ2n) is 6.15. The standard InChI is InChI=1S/C18H30N2O/c1-4-17(18(19-2)16-8-6-5-7-9-16)20(3)12-13-21-14-15-10-11-15/h5-9,15,17-19H,4,10-14H2,1-3H3. The highest BCUT2D eigenvalue weighted by Crippen LogP contribution is 2.28. The van der Waals surface area contributed by atoms with Crippen molar-refractivity contribution < 1.29 is 4.74 Å². The Labute approximate surface area is 129 Å². The van der Waals surface area contributed by atoms with Crippen LogP contribution in [0.25, 0.3) is 0 Å². The van der Waals surface area contributed by atoms with Crippen LogP contribution in [-0.2, 0) is 4.74 Å². The van der Waals surface area contributed by atoms with Gasteiger partial charge in [-0.25, -0.2) is 0 Å². The third kappa shape index (κ3) is 5.10. The molecule has 2 rings (SSSR count). The third-order valence-electron chi connectivity index (χ3n) is 4.48. The van der Waals surface area contributed by atoms with E-state index < -0.39 is 0 Å². The molecule has 0 aliphatic heterocycles. The Morgan fingerprint density at radius 3 is 2.57 bits per heavy atom. The van der Waals surface area contributed by atoms with Gasteiger partial charge < -0.3 is 10.1 Å². The second kappa shape index (κ2) is 8.52. The minimum Gasteiger partial charge on any atom is -0.380 e. The number of likely N-dealkylation sites (N-methyl/N-ethyl adjacent to an activating group) is 2. The zero-order valence-electron chi connectivity index (χ0n) is 13.7. The monoisotopic (exact) mass is 290 g/mol. The fourth-order valence-corrected chi connectivity index (χ4v) is 2.95. The van der Waals surface area contributed by atoms with E-state index in [9.17, 15) is 0 Å². The first-order chi connectivity index (χ1) is 10.3. The molecule has 118 valence electrons. The second-order valence-corrected chi connectivity index (χ2v) is 6.15. The zero-order valence-corrected chi connectivity index (χ0v) is 13.7. The van der Waals surface area contributed by atoms with E-state index in [0.29, 0.717) is 12.1 Å². The molecule has 0 radical (unpaired) electrons. The Morgan fingerprint density at radius 1 is 1.29 bits per heavy atom. The molecular formula is C18H30N2O. The molecule has 1 fully saturated rings. The highest BCUT2D eigenvalue weighted by atomic mass is 16.5. The van der Waals surface area contributed by atoms with E-state index >= 15 is 0 Å². The molecule has 1 aliphatic rings. The van der Waals surface area contributed by atoms with Gasteiger partial charge in [-0.1, -0.05) is 37.3 Å². The Bertz CT molecular complexity index is 391. The molecule has 0 spiro atoms. The summed E-state index contributed by atoms with van der Waals surface area (Å²) in [5, 5.41) is 3.49. The summed E-state index contributed by atoms with van der Waals surface area (Å²) in [6, 6.07) is 11.6. The minimum absolute atomic E-state index is 0.365. The van der Waals surface area contributed by atoms with E-state index in [-0.39, 0.29) is 0 Å². The highest BCUT2D eigenvalue weighted by molar-refractivity contribution is 5.20. The molecule has 0 heterocycles. The topological polar surface area (TPSA) is 24.5 Å². The SMILES string of the molecule is CCC(C(NC)c1ccccc1)N(C)CCOCC1CC1. The van der Waals surface area contributed by atoms with E-state index in [1.807, 2.05) is 0 Å². The van der Waals surface area contributed by atoms with Crippen LogP contribution in [0, 0.1) is 5.92 Å². The summed E-state index contributed by atoms with van der Waals surface area (Å²) < 4.78 is 5.78. The highest BCUT2D eigenvalue weighted by Gasteiger charge is 2.24. The predicted molar refractivity (Wildman–Crippen MR) is 88.5 cm³/mol. The first-order valence-corrected chi connectivity index (χ1v) is 8.26. The summed E-state index contributed by atoms with van der Waals surface area (Å²) >= 11 is 0. The van der Waals surface area contributed by atoms with Crippen molar-refractivity contribution in [3.63, 3.8) is 0 Å². The molecule has 1 aliphatic carbocycles. The van der Waals surface area contributed by atoms with Crippen molar-refractivity contribution >= 4 is 0 Å². The number of rotatable bonds is 10. The van der Waals surface area contributed by atoms with Crippen LogP contribution in [0.2, 0.25) is 0 Å². The van der Waals surface area contributed by atoms with Crippen molar-refractivity contribution in [2.45, 2.75) is 38.3 Å². The van der Waals surface area contributed by atoms with Gasteiger partial charge in [-0.3, -0.25) is 4.90 Å². The summed E-state index contributed by atoms with van der Waals surface area (Å²) in [6.45, 7) is 5.06. The maximum absolute atomic E-state index is 5.78. The summed E-state index contributed by atoms with van der Waals surface area (Å²) in [5.74, 6) is 0.853. The van der Waals surface area contributed by atoms with Gasteiger partial charge in [-0.15, -0.1) is 0 Å². The first kappa shape index (κ1) is 16.5. The number of nitrogens with zero attached hydrogens (tertiary/aromatic N) is 1. The van der Waals surface area contributed by atoms with Crippen LogP contribution in [0.3, 0.4) is 0 Å². The van der Waals surface area contributed by atoms with Gasteiger partial charge in [0.15, 0.2) is 0 Å². The van der Waals surface area contributed by atoms with Crippen molar-refractivity contribution in [2.24, 2.45) is 5.92 Å². The van der Waals surface area contributed by atoms with Gasteiger partial charge in [-0.2, -0.15) is 0 Å². The molecular weight excluding hydrogens is 260 g/mol. The molecule has 0 bridgehead atoms.